The Bertz CT molecular complexity index is 1220. The zero-order chi connectivity index (χ0) is 24.9. The van der Waals surface area contributed by atoms with Gasteiger partial charge in [0.2, 0.25) is 5.95 Å². The van der Waals surface area contributed by atoms with Gasteiger partial charge in [-0.05, 0) is 62.8 Å². The fourth-order valence-electron chi connectivity index (χ4n) is 3.92. The number of anilines is 1. The van der Waals surface area contributed by atoms with Crippen LogP contribution in [0.4, 0.5) is 14.7 Å². The highest BCUT2D eigenvalue weighted by Gasteiger charge is 2.27. The average molecular weight is 483 g/mol. The lowest BCUT2D eigenvalue weighted by Crippen LogP contribution is -2.23. The number of amidine groups is 1. The third-order valence-electron chi connectivity index (χ3n) is 5.52. The number of aromatic nitrogens is 4. The van der Waals surface area contributed by atoms with Crippen molar-refractivity contribution in [3.63, 3.8) is 0 Å². The van der Waals surface area contributed by atoms with E-state index >= 15 is 0 Å². The number of rotatable bonds is 9. The van der Waals surface area contributed by atoms with Crippen LogP contribution >= 0.6 is 0 Å². The van der Waals surface area contributed by atoms with Crippen molar-refractivity contribution in [2.24, 2.45) is 7.05 Å². The number of ether oxygens (including phenoxy) is 1. The first-order valence-electron chi connectivity index (χ1n) is 11.2. The predicted octanol–water partition coefficient (Wildman–Crippen LogP) is 3.30. The lowest BCUT2D eigenvalue weighted by Gasteiger charge is -2.17. The van der Waals surface area contributed by atoms with E-state index in [4.69, 9.17) is 10.4 Å². The molecule has 3 aromatic rings. The quantitative estimate of drug-likeness (QED) is 0.244. The largest absolute Gasteiger partial charge is 0.435 e. The van der Waals surface area contributed by atoms with Crippen LogP contribution in [-0.2, 0) is 19.9 Å². The topological polar surface area (TPSA) is 104 Å². The van der Waals surface area contributed by atoms with Crippen molar-refractivity contribution in [3.8, 4) is 28.3 Å². The van der Waals surface area contributed by atoms with Gasteiger partial charge in [-0.25, -0.2) is 9.97 Å². The molecule has 1 aliphatic carbocycles. The molecule has 0 spiro atoms. The Hall–Kier alpha value is -3.86. The molecule has 0 saturated carbocycles. The first-order chi connectivity index (χ1) is 16.8. The first kappa shape index (κ1) is 24.3. The van der Waals surface area contributed by atoms with Gasteiger partial charge in [0, 0.05) is 43.7 Å². The van der Waals surface area contributed by atoms with Crippen LogP contribution in [0.3, 0.4) is 0 Å². The zero-order valence-corrected chi connectivity index (χ0v) is 19.8. The summed E-state index contributed by atoms with van der Waals surface area (Å²) < 4.78 is 31.3. The Morgan fingerprint density at radius 1 is 1.26 bits per heavy atom. The van der Waals surface area contributed by atoms with Crippen LogP contribution in [0.5, 0.6) is 5.75 Å². The van der Waals surface area contributed by atoms with E-state index in [9.17, 15) is 8.78 Å². The second kappa shape index (κ2) is 10.6. The molecule has 1 aromatic carbocycles. The molecule has 184 valence electrons. The summed E-state index contributed by atoms with van der Waals surface area (Å²) in [4.78, 5) is 11.2. The number of nitrogens with one attached hydrogen (secondary N) is 3. The second-order valence-corrected chi connectivity index (χ2v) is 8.39. The smallest absolute Gasteiger partial charge is 0.387 e. The number of nitrogens with zero attached hydrogens (tertiary/aromatic N) is 5. The highest BCUT2D eigenvalue weighted by Crippen LogP contribution is 2.39. The van der Waals surface area contributed by atoms with Crippen molar-refractivity contribution >= 4 is 11.8 Å². The molecule has 0 atom stereocenters. The molecular weight excluding hydrogens is 454 g/mol. The van der Waals surface area contributed by atoms with E-state index < -0.39 is 6.61 Å². The fourth-order valence-corrected chi connectivity index (χ4v) is 3.92. The molecule has 0 aliphatic heterocycles. The maximum atomic E-state index is 12.5. The van der Waals surface area contributed by atoms with Gasteiger partial charge >= 0.3 is 6.61 Å². The second-order valence-electron chi connectivity index (χ2n) is 8.39. The fraction of sp³-hybridized carbons (Fsp3) is 0.333. The molecule has 0 bridgehead atoms. The number of fused-ring (bicyclic) bond motifs is 3. The first-order valence-corrected chi connectivity index (χ1v) is 11.2. The van der Waals surface area contributed by atoms with Crippen LogP contribution in [0.1, 0.15) is 11.3 Å². The van der Waals surface area contributed by atoms with E-state index in [1.54, 1.807) is 35.3 Å². The van der Waals surface area contributed by atoms with Gasteiger partial charge in [0.25, 0.3) is 0 Å². The van der Waals surface area contributed by atoms with Crippen LogP contribution in [0.25, 0.3) is 22.5 Å². The van der Waals surface area contributed by atoms with E-state index in [0.717, 1.165) is 59.7 Å². The Morgan fingerprint density at radius 2 is 2.03 bits per heavy atom. The van der Waals surface area contributed by atoms with Crippen LogP contribution in [0.15, 0.2) is 42.7 Å². The van der Waals surface area contributed by atoms with E-state index in [2.05, 4.69) is 30.4 Å². The van der Waals surface area contributed by atoms with Gasteiger partial charge in [-0.1, -0.05) is 0 Å². The molecule has 0 radical (unpaired) electrons. The van der Waals surface area contributed by atoms with E-state index in [0.29, 0.717) is 5.95 Å². The lowest BCUT2D eigenvalue weighted by molar-refractivity contribution is -0.0498. The van der Waals surface area contributed by atoms with Crippen molar-refractivity contribution in [2.45, 2.75) is 19.5 Å². The van der Waals surface area contributed by atoms with Crippen molar-refractivity contribution < 1.29 is 13.5 Å². The summed E-state index contributed by atoms with van der Waals surface area (Å²) >= 11 is 0. The molecule has 0 amide bonds. The van der Waals surface area contributed by atoms with Gasteiger partial charge in [-0.2, -0.15) is 13.9 Å². The molecule has 4 rings (SSSR count). The molecule has 2 aromatic heterocycles. The predicted molar refractivity (Wildman–Crippen MR) is 131 cm³/mol. The van der Waals surface area contributed by atoms with Crippen LogP contribution < -0.4 is 15.4 Å². The highest BCUT2D eigenvalue weighted by atomic mass is 19.3. The Balaban J connectivity index is 1.57. The summed E-state index contributed by atoms with van der Waals surface area (Å²) in [5, 5.41) is 18.9. The van der Waals surface area contributed by atoms with E-state index in [1.165, 1.54) is 12.1 Å². The average Bonchev–Trinajstić information content (AvgIpc) is 3.15. The summed E-state index contributed by atoms with van der Waals surface area (Å²) in [6, 6.07) is 6.48. The van der Waals surface area contributed by atoms with Gasteiger partial charge in [-0.3, -0.25) is 10.1 Å². The number of halogens is 2. The summed E-state index contributed by atoms with van der Waals surface area (Å²) in [5.74, 6) is 0.561. The lowest BCUT2D eigenvalue weighted by atomic mass is 9.91. The van der Waals surface area contributed by atoms with Gasteiger partial charge < -0.3 is 20.3 Å². The monoisotopic (exact) mass is 482 g/mol. The highest BCUT2D eigenvalue weighted by molar-refractivity contribution is 6.00. The summed E-state index contributed by atoms with van der Waals surface area (Å²) in [7, 11) is 5.85. The molecule has 0 saturated heterocycles. The zero-order valence-electron chi connectivity index (χ0n) is 19.8. The number of benzene rings is 1. The maximum absolute atomic E-state index is 12.5. The summed E-state index contributed by atoms with van der Waals surface area (Å²) in [6.07, 6.45) is 6.61. The molecule has 35 heavy (non-hydrogen) atoms. The van der Waals surface area contributed by atoms with Crippen LogP contribution in [0.2, 0.25) is 0 Å². The number of likely N-dealkylation sites (N-methyl/N-ethyl adjacent to an activating group) is 1. The SMILES string of the molecule is CN(C)CCN/C=C\C(=N)Nc1ncc2c(n1)-c1c(nn(C)c1-c1ccc(OC(F)F)cc1)CC2. The number of alkyl halides is 2. The number of hydrogen-bond donors (Lipinski definition) is 3. The van der Waals surface area contributed by atoms with Crippen molar-refractivity contribution in [3.05, 3.63) is 54.0 Å². The molecule has 3 N–H and O–H groups in total. The standard InChI is InChI=1S/C24H28F2N8O/c1-33(2)13-12-28-11-10-19(27)30-24-29-14-16-6-9-18-20(21(16)31-24)22(34(3)32-18)15-4-7-17(8-5-15)35-23(25)26/h4-5,7-8,10-11,14,23,28H,6,9,12-13H2,1-3H3,(H2,27,29,30,31)/b11-10-. The Morgan fingerprint density at radius 3 is 2.74 bits per heavy atom. The van der Waals surface area contributed by atoms with Crippen molar-refractivity contribution in [1.29, 1.82) is 5.41 Å². The van der Waals surface area contributed by atoms with Crippen molar-refractivity contribution in [2.75, 3.05) is 32.5 Å². The van der Waals surface area contributed by atoms with Crippen LogP contribution in [0, 0.1) is 5.41 Å². The molecule has 2 heterocycles. The van der Waals surface area contributed by atoms with Crippen molar-refractivity contribution in [1.82, 2.24) is 30.0 Å². The molecule has 9 nitrogen and oxygen atoms in total. The van der Waals surface area contributed by atoms with E-state index in [-0.39, 0.29) is 11.6 Å². The van der Waals surface area contributed by atoms with Gasteiger partial charge in [0.05, 0.1) is 17.1 Å². The summed E-state index contributed by atoms with van der Waals surface area (Å²) in [5.41, 5.74) is 5.17. The molecule has 0 unspecified atom stereocenters. The third-order valence-corrected chi connectivity index (χ3v) is 5.52. The Labute approximate surface area is 202 Å². The van der Waals surface area contributed by atoms with Gasteiger partial charge in [-0.15, -0.1) is 0 Å². The molecule has 1 aliphatic rings. The number of aryl methyl sites for hydroxylation is 3. The van der Waals surface area contributed by atoms with Gasteiger partial charge in [0.15, 0.2) is 0 Å². The summed E-state index contributed by atoms with van der Waals surface area (Å²) in [6.45, 7) is -1.22. The Kier molecular flexibility index (Phi) is 7.35. The normalized spacial score (nSPS) is 12.7. The minimum Gasteiger partial charge on any atom is -0.435 e. The maximum Gasteiger partial charge on any atom is 0.387 e. The van der Waals surface area contributed by atoms with E-state index in [1.807, 2.05) is 21.1 Å². The third kappa shape index (κ3) is 5.80. The molecule has 11 heteroatoms. The minimum absolute atomic E-state index is 0.0942. The molecule has 0 fully saturated rings. The minimum atomic E-state index is -2.87. The van der Waals surface area contributed by atoms with Gasteiger partial charge in [0.1, 0.15) is 11.6 Å². The number of hydrogen-bond acceptors (Lipinski definition) is 7. The molecular formula is C24H28F2N8O. The van der Waals surface area contributed by atoms with Crippen LogP contribution in [-0.4, -0.2) is 64.3 Å².